The smallest absolute Gasteiger partial charge is 0.252 e. The third kappa shape index (κ3) is 3.68. The zero-order valence-electron chi connectivity index (χ0n) is 13.6. The number of piperidine rings is 1. The highest BCUT2D eigenvalue weighted by molar-refractivity contribution is 7.91. The van der Waals surface area contributed by atoms with Gasteiger partial charge in [0.25, 0.3) is 10.0 Å². The standard InChI is InChI=1S/C15H20N4O3S2/c1-11-3-4-15(23-11)24(20,21)19-7-5-12(6-8-19)18-13-9-14(22-2)17-10-16-13/h3-4,9-10,12H,5-8H2,1-2H3,(H,16,17,18). The minimum absolute atomic E-state index is 0.182. The zero-order chi connectivity index (χ0) is 17.2. The first-order valence-corrected chi connectivity index (χ1v) is 9.94. The third-order valence-electron chi connectivity index (χ3n) is 3.97. The van der Waals surface area contributed by atoms with Gasteiger partial charge >= 0.3 is 0 Å². The number of hydrogen-bond acceptors (Lipinski definition) is 7. The quantitative estimate of drug-likeness (QED) is 0.870. The van der Waals surface area contributed by atoms with Crippen LogP contribution in [-0.4, -0.2) is 48.9 Å². The van der Waals surface area contributed by atoms with Crippen LogP contribution in [-0.2, 0) is 10.0 Å². The van der Waals surface area contributed by atoms with Crippen molar-refractivity contribution in [1.29, 1.82) is 0 Å². The number of thiophene rings is 1. The monoisotopic (exact) mass is 368 g/mol. The molecule has 130 valence electrons. The maximum atomic E-state index is 12.6. The number of nitrogens with one attached hydrogen (secondary N) is 1. The molecule has 1 aliphatic heterocycles. The Morgan fingerprint density at radius 1 is 1.29 bits per heavy atom. The highest BCUT2D eigenvalue weighted by atomic mass is 32.2. The highest BCUT2D eigenvalue weighted by Gasteiger charge is 2.30. The summed E-state index contributed by atoms with van der Waals surface area (Å²) in [7, 11) is -1.81. The third-order valence-corrected chi connectivity index (χ3v) is 7.33. The fourth-order valence-corrected chi connectivity index (χ4v) is 5.56. The van der Waals surface area contributed by atoms with Crippen molar-refractivity contribution in [2.75, 3.05) is 25.5 Å². The van der Waals surface area contributed by atoms with Gasteiger partial charge in [0.2, 0.25) is 5.88 Å². The van der Waals surface area contributed by atoms with Crippen LogP contribution in [0.15, 0.2) is 28.7 Å². The Bertz CT molecular complexity index is 799. The largest absolute Gasteiger partial charge is 0.481 e. The number of nitrogens with zero attached hydrogens (tertiary/aromatic N) is 3. The predicted molar refractivity (Wildman–Crippen MR) is 93.0 cm³/mol. The molecule has 0 atom stereocenters. The van der Waals surface area contributed by atoms with Gasteiger partial charge in [0.05, 0.1) is 7.11 Å². The number of anilines is 1. The first kappa shape index (κ1) is 17.1. The van der Waals surface area contributed by atoms with Crippen molar-refractivity contribution in [3.05, 3.63) is 29.4 Å². The molecule has 2 aromatic rings. The lowest BCUT2D eigenvalue weighted by Crippen LogP contribution is -2.42. The normalized spacial score (nSPS) is 16.9. The van der Waals surface area contributed by atoms with Gasteiger partial charge in [-0.3, -0.25) is 0 Å². The van der Waals surface area contributed by atoms with E-state index in [9.17, 15) is 8.42 Å². The summed E-state index contributed by atoms with van der Waals surface area (Å²) in [5.74, 6) is 1.19. The van der Waals surface area contributed by atoms with Gasteiger partial charge in [-0.1, -0.05) is 0 Å². The lowest BCUT2D eigenvalue weighted by atomic mass is 10.1. The van der Waals surface area contributed by atoms with Crippen LogP contribution in [0.4, 0.5) is 5.82 Å². The Balaban J connectivity index is 1.61. The van der Waals surface area contributed by atoms with E-state index in [1.165, 1.54) is 17.7 Å². The van der Waals surface area contributed by atoms with Gasteiger partial charge < -0.3 is 10.1 Å². The summed E-state index contributed by atoms with van der Waals surface area (Å²) in [4.78, 5) is 9.14. The summed E-state index contributed by atoms with van der Waals surface area (Å²) in [6, 6.07) is 5.44. The molecular weight excluding hydrogens is 348 g/mol. The maximum Gasteiger partial charge on any atom is 0.252 e. The molecule has 1 aliphatic rings. The molecule has 0 aliphatic carbocycles. The highest BCUT2D eigenvalue weighted by Crippen LogP contribution is 2.27. The molecule has 0 bridgehead atoms. The number of aromatic nitrogens is 2. The van der Waals surface area contributed by atoms with Gasteiger partial charge in [0.1, 0.15) is 16.4 Å². The van der Waals surface area contributed by atoms with Crippen molar-refractivity contribution in [3.63, 3.8) is 0 Å². The second-order valence-electron chi connectivity index (χ2n) is 5.63. The first-order valence-electron chi connectivity index (χ1n) is 7.68. The van der Waals surface area contributed by atoms with E-state index in [1.807, 2.05) is 13.0 Å². The molecule has 0 amide bonds. The number of rotatable bonds is 5. The number of aryl methyl sites for hydroxylation is 1. The lowest BCUT2D eigenvalue weighted by molar-refractivity contribution is 0.330. The summed E-state index contributed by atoms with van der Waals surface area (Å²) in [5, 5.41) is 3.32. The predicted octanol–water partition coefficient (Wildman–Crippen LogP) is 2.12. The SMILES string of the molecule is COc1cc(NC2CCN(S(=O)(=O)c3ccc(C)s3)CC2)ncn1. The Hall–Kier alpha value is -1.71. The molecule has 9 heteroatoms. The first-order chi connectivity index (χ1) is 11.5. The fourth-order valence-electron chi connectivity index (χ4n) is 2.66. The molecule has 0 saturated carbocycles. The Kier molecular flexibility index (Phi) is 5.02. The van der Waals surface area contributed by atoms with Crippen LogP contribution in [0, 0.1) is 6.92 Å². The second kappa shape index (κ2) is 7.04. The fraction of sp³-hybridized carbons (Fsp3) is 0.467. The van der Waals surface area contributed by atoms with Gasteiger partial charge in [0, 0.05) is 30.1 Å². The molecule has 2 aromatic heterocycles. The van der Waals surface area contributed by atoms with Gasteiger partial charge in [0.15, 0.2) is 0 Å². The lowest BCUT2D eigenvalue weighted by Gasteiger charge is -2.31. The van der Waals surface area contributed by atoms with E-state index >= 15 is 0 Å². The number of methoxy groups -OCH3 is 1. The number of sulfonamides is 1. The van der Waals surface area contributed by atoms with Crippen LogP contribution in [0.3, 0.4) is 0 Å². The Labute approximate surface area is 145 Å². The van der Waals surface area contributed by atoms with Crippen molar-refractivity contribution >= 4 is 27.2 Å². The van der Waals surface area contributed by atoms with Gasteiger partial charge in [-0.15, -0.1) is 11.3 Å². The molecule has 0 spiro atoms. The van der Waals surface area contributed by atoms with Crippen LogP contribution in [0.25, 0.3) is 0 Å². The van der Waals surface area contributed by atoms with Crippen LogP contribution in [0.2, 0.25) is 0 Å². The van der Waals surface area contributed by atoms with E-state index in [4.69, 9.17) is 4.74 Å². The summed E-state index contributed by atoms with van der Waals surface area (Å²) in [5.41, 5.74) is 0. The summed E-state index contributed by atoms with van der Waals surface area (Å²) < 4.78 is 32.3. The second-order valence-corrected chi connectivity index (χ2v) is 9.09. The van der Waals surface area contributed by atoms with Crippen LogP contribution < -0.4 is 10.1 Å². The minimum Gasteiger partial charge on any atom is -0.481 e. The van der Waals surface area contributed by atoms with Crippen molar-refractivity contribution in [2.24, 2.45) is 0 Å². The van der Waals surface area contributed by atoms with Gasteiger partial charge in [-0.2, -0.15) is 4.31 Å². The van der Waals surface area contributed by atoms with Crippen LogP contribution in [0.5, 0.6) is 5.88 Å². The molecule has 0 radical (unpaired) electrons. The zero-order valence-corrected chi connectivity index (χ0v) is 15.2. The molecule has 1 N–H and O–H groups in total. The molecule has 1 fully saturated rings. The molecular formula is C15H20N4O3S2. The van der Waals surface area contributed by atoms with Gasteiger partial charge in [-0.05, 0) is 31.9 Å². The summed E-state index contributed by atoms with van der Waals surface area (Å²) in [6.45, 7) is 2.91. The van der Waals surface area contributed by atoms with Crippen molar-refractivity contribution in [2.45, 2.75) is 30.0 Å². The van der Waals surface area contributed by atoms with Crippen molar-refractivity contribution < 1.29 is 13.2 Å². The molecule has 0 unspecified atom stereocenters. The molecule has 0 aromatic carbocycles. The molecule has 3 heterocycles. The molecule has 7 nitrogen and oxygen atoms in total. The number of hydrogen-bond donors (Lipinski definition) is 1. The molecule has 1 saturated heterocycles. The van der Waals surface area contributed by atoms with E-state index in [2.05, 4.69) is 15.3 Å². The van der Waals surface area contributed by atoms with Crippen LogP contribution in [0.1, 0.15) is 17.7 Å². The summed E-state index contributed by atoms with van der Waals surface area (Å²) in [6.07, 6.45) is 2.91. The molecule has 3 rings (SSSR count). The topological polar surface area (TPSA) is 84.4 Å². The average Bonchev–Trinajstić information content (AvgIpc) is 3.03. The molecule has 24 heavy (non-hydrogen) atoms. The van der Waals surface area contributed by atoms with E-state index in [1.54, 1.807) is 23.5 Å². The number of ether oxygens (including phenoxy) is 1. The van der Waals surface area contributed by atoms with E-state index in [0.717, 1.165) is 17.7 Å². The van der Waals surface area contributed by atoms with Crippen molar-refractivity contribution in [3.8, 4) is 5.88 Å². The average molecular weight is 368 g/mol. The van der Waals surface area contributed by atoms with E-state index in [-0.39, 0.29) is 6.04 Å². The Morgan fingerprint density at radius 3 is 2.67 bits per heavy atom. The van der Waals surface area contributed by atoms with Crippen LogP contribution >= 0.6 is 11.3 Å². The summed E-state index contributed by atoms with van der Waals surface area (Å²) >= 11 is 1.32. The van der Waals surface area contributed by atoms with E-state index < -0.39 is 10.0 Å². The van der Waals surface area contributed by atoms with Crippen molar-refractivity contribution in [1.82, 2.24) is 14.3 Å². The maximum absolute atomic E-state index is 12.6. The minimum atomic E-state index is -3.37. The van der Waals surface area contributed by atoms with E-state index in [0.29, 0.717) is 29.0 Å². The Morgan fingerprint density at radius 2 is 2.04 bits per heavy atom. The van der Waals surface area contributed by atoms with Gasteiger partial charge in [-0.25, -0.2) is 18.4 Å².